The first-order valence-electron chi connectivity index (χ1n) is 8.12. The van der Waals surface area contributed by atoms with Crippen LogP contribution in [0.3, 0.4) is 0 Å². The highest BCUT2D eigenvalue weighted by molar-refractivity contribution is 7.87. The molecule has 3 rings (SSSR count). The summed E-state index contributed by atoms with van der Waals surface area (Å²) >= 11 is 0. The van der Waals surface area contributed by atoms with E-state index < -0.39 is 10.2 Å². The highest BCUT2D eigenvalue weighted by Crippen LogP contribution is 2.22. The first-order chi connectivity index (χ1) is 10.6. The molecule has 2 aliphatic rings. The largest absolute Gasteiger partial charge is 0.489 e. The number of para-hydroxylation sites is 1. The molecule has 0 aromatic heterocycles. The monoisotopic (exact) mass is 324 g/mol. The normalized spacial score (nSPS) is 24.5. The molecule has 5 nitrogen and oxygen atoms in total. The van der Waals surface area contributed by atoms with E-state index in [-0.39, 0.29) is 12.1 Å². The molecule has 1 aromatic rings. The molecule has 1 atom stereocenters. The Morgan fingerprint density at radius 3 is 2.50 bits per heavy atom. The molecule has 2 fully saturated rings. The average molecular weight is 324 g/mol. The number of nitrogens with zero attached hydrogens (tertiary/aromatic N) is 1. The average Bonchev–Trinajstić information content (AvgIpc) is 3.01. The van der Waals surface area contributed by atoms with Gasteiger partial charge in [0.05, 0.1) is 6.54 Å². The topological polar surface area (TPSA) is 58.6 Å². The smallest absolute Gasteiger partial charge is 0.279 e. The molecule has 1 unspecified atom stereocenters. The van der Waals surface area contributed by atoms with Crippen molar-refractivity contribution in [1.82, 2.24) is 9.03 Å². The Kier molecular flexibility index (Phi) is 5.00. The molecule has 22 heavy (non-hydrogen) atoms. The van der Waals surface area contributed by atoms with E-state index in [1.807, 2.05) is 30.3 Å². The molecule has 0 radical (unpaired) electrons. The predicted molar refractivity (Wildman–Crippen MR) is 86.0 cm³/mol. The van der Waals surface area contributed by atoms with E-state index in [9.17, 15) is 8.42 Å². The van der Waals surface area contributed by atoms with Crippen molar-refractivity contribution in [3.8, 4) is 5.75 Å². The van der Waals surface area contributed by atoms with Crippen molar-refractivity contribution in [2.75, 3.05) is 13.1 Å². The van der Waals surface area contributed by atoms with Crippen molar-refractivity contribution in [2.24, 2.45) is 0 Å². The second-order valence-electron chi connectivity index (χ2n) is 6.16. The predicted octanol–water partition coefficient (Wildman–Crippen LogP) is 2.31. The van der Waals surface area contributed by atoms with E-state index in [2.05, 4.69) is 4.72 Å². The Labute approximate surface area is 132 Å². The van der Waals surface area contributed by atoms with Gasteiger partial charge in [-0.1, -0.05) is 31.0 Å². The highest BCUT2D eigenvalue weighted by atomic mass is 32.2. The molecule has 1 aliphatic carbocycles. The van der Waals surface area contributed by atoms with Crippen molar-refractivity contribution in [1.29, 1.82) is 0 Å². The van der Waals surface area contributed by atoms with Gasteiger partial charge in [0.25, 0.3) is 10.2 Å². The summed E-state index contributed by atoms with van der Waals surface area (Å²) in [6.07, 6.45) is 5.80. The van der Waals surface area contributed by atoms with Crippen LogP contribution in [0.25, 0.3) is 0 Å². The van der Waals surface area contributed by atoms with Crippen molar-refractivity contribution in [3.63, 3.8) is 0 Å². The third-order valence-electron chi connectivity index (χ3n) is 4.40. The standard InChI is InChI=1S/C16H24N2O3S/c19-22(20,17-14-7-4-5-8-14)18-12-6-11-16(13-18)21-15-9-2-1-3-10-15/h1-3,9-10,14,16-17H,4-8,11-13H2. The lowest BCUT2D eigenvalue weighted by Crippen LogP contribution is -2.50. The van der Waals surface area contributed by atoms with E-state index in [0.29, 0.717) is 13.1 Å². The number of rotatable bonds is 5. The van der Waals surface area contributed by atoms with Gasteiger partial charge in [-0.3, -0.25) is 0 Å². The third-order valence-corrected chi connectivity index (χ3v) is 6.04. The Bertz CT molecular complexity index is 570. The minimum Gasteiger partial charge on any atom is -0.489 e. The summed E-state index contributed by atoms with van der Waals surface area (Å²) in [6.45, 7) is 1.01. The lowest BCUT2D eigenvalue weighted by atomic mass is 10.1. The van der Waals surface area contributed by atoms with Crippen LogP contribution in [0.15, 0.2) is 30.3 Å². The molecule has 0 spiro atoms. The molecular weight excluding hydrogens is 300 g/mol. The molecule has 1 saturated carbocycles. The molecule has 0 amide bonds. The van der Waals surface area contributed by atoms with Crippen LogP contribution in [0.1, 0.15) is 38.5 Å². The van der Waals surface area contributed by atoms with E-state index in [4.69, 9.17) is 4.74 Å². The van der Waals surface area contributed by atoms with E-state index in [0.717, 1.165) is 44.3 Å². The summed E-state index contributed by atoms with van der Waals surface area (Å²) in [6, 6.07) is 9.72. The first-order valence-corrected chi connectivity index (χ1v) is 9.56. The molecule has 6 heteroatoms. The van der Waals surface area contributed by atoms with Crippen LogP contribution in [-0.2, 0) is 10.2 Å². The van der Waals surface area contributed by atoms with Gasteiger partial charge in [-0.05, 0) is 37.8 Å². The Morgan fingerprint density at radius 2 is 1.77 bits per heavy atom. The number of piperidine rings is 1. The second kappa shape index (κ2) is 6.98. The van der Waals surface area contributed by atoms with Gasteiger partial charge in [-0.25, -0.2) is 0 Å². The Morgan fingerprint density at radius 1 is 1.05 bits per heavy atom. The zero-order chi connectivity index (χ0) is 15.4. The highest BCUT2D eigenvalue weighted by Gasteiger charge is 2.32. The number of benzene rings is 1. The van der Waals surface area contributed by atoms with E-state index >= 15 is 0 Å². The maximum Gasteiger partial charge on any atom is 0.279 e. The van der Waals surface area contributed by atoms with Gasteiger partial charge in [0.1, 0.15) is 11.9 Å². The van der Waals surface area contributed by atoms with E-state index in [1.165, 1.54) is 0 Å². The minimum atomic E-state index is -3.39. The van der Waals surface area contributed by atoms with Crippen molar-refractivity contribution in [2.45, 2.75) is 50.7 Å². The van der Waals surface area contributed by atoms with Crippen molar-refractivity contribution >= 4 is 10.2 Å². The molecule has 1 N–H and O–H groups in total. The fraction of sp³-hybridized carbons (Fsp3) is 0.625. The third kappa shape index (κ3) is 4.00. The zero-order valence-electron chi connectivity index (χ0n) is 12.8. The first kappa shape index (κ1) is 15.8. The van der Waals surface area contributed by atoms with Crippen LogP contribution in [0.2, 0.25) is 0 Å². The number of hydrogen-bond donors (Lipinski definition) is 1. The molecule has 0 bridgehead atoms. The number of ether oxygens (including phenoxy) is 1. The van der Waals surface area contributed by atoms with Crippen LogP contribution >= 0.6 is 0 Å². The molecular formula is C16H24N2O3S. The fourth-order valence-corrected chi connectivity index (χ4v) is 4.78. The minimum absolute atomic E-state index is 0.0729. The quantitative estimate of drug-likeness (QED) is 0.904. The summed E-state index contributed by atoms with van der Waals surface area (Å²) in [5.74, 6) is 0.801. The second-order valence-corrected chi connectivity index (χ2v) is 7.86. The molecule has 1 heterocycles. The van der Waals surface area contributed by atoms with Gasteiger partial charge < -0.3 is 4.74 Å². The van der Waals surface area contributed by atoms with Crippen LogP contribution in [-0.4, -0.2) is 38.0 Å². The SMILES string of the molecule is O=S(=O)(NC1CCCC1)N1CCCC(Oc2ccccc2)C1. The van der Waals surface area contributed by atoms with Gasteiger partial charge in [0, 0.05) is 12.6 Å². The van der Waals surface area contributed by atoms with Gasteiger partial charge >= 0.3 is 0 Å². The fourth-order valence-electron chi connectivity index (χ4n) is 3.24. The van der Waals surface area contributed by atoms with Crippen LogP contribution < -0.4 is 9.46 Å². The number of hydrogen-bond acceptors (Lipinski definition) is 3. The van der Waals surface area contributed by atoms with Gasteiger partial charge in [0.15, 0.2) is 0 Å². The van der Waals surface area contributed by atoms with Gasteiger partial charge in [-0.15, -0.1) is 0 Å². The van der Waals surface area contributed by atoms with Gasteiger partial charge in [0.2, 0.25) is 0 Å². The Hall–Kier alpha value is -1.11. The summed E-state index contributed by atoms with van der Waals surface area (Å²) in [7, 11) is -3.39. The van der Waals surface area contributed by atoms with Crippen LogP contribution in [0.5, 0.6) is 5.75 Å². The zero-order valence-corrected chi connectivity index (χ0v) is 13.6. The van der Waals surface area contributed by atoms with Crippen molar-refractivity contribution in [3.05, 3.63) is 30.3 Å². The molecule has 1 saturated heterocycles. The van der Waals surface area contributed by atoms with Crippen molar-refractivity contribution < 1.29 is 13.2 Å². The van der Waals surface area contributed by atoms with E-state index in [1.54, 1.807) is 4.31 Å². The summed E-state index contributed by atoms with van der Waals surface area (Å²) < 4.78 is 35.3. The summed E-state index contributed by atoms with van der Waals surface area (Å²) in [5.41, 5.74) is 0. The molecule has 1 aromatic carbocycles. The maximum absolute atomic E-state index is 12.5. The Balaban J connectivity index is 1.59. The van der Waals surface area contributed by atoms with Crippen LogP contribution in [0.4, 0.5) is 0 Å². The molecule has 1 aliphatic heterocycles. The summed E-state index contributed by atoms with van der Waals surface area (Å²) in [4.78, 5) is 0. The van der Waals surface area contributed by atoms with Crippen LogP contribution in [0, 0.1) is 0 Å². The molecule has 122 valence electrons. The summed E-state index contributed by atoms with van der Waals surface area (Å²) in [5, 5.41) is 0. The maximum atomic E-state index is 12.5. The number of nitrogens with one attached hydrogen (secondary N) is 1. The lowest BCUT2D eigenvalue weighted by molar-refractivity contribution is 0.129. The van der Waals surface area contributed by atoms with Gasteiger partial charge in [-0.2, -0.15) is 17.4 Å². The lowest BCUT2D eigenvalue weighted by Gasteiger charge is -2.32.